The van der Waals surface area contributed by atoms with Gasteiger partial charge in [0.2, 0.25) is 5.89 Å². The number of halogens is 3. The highest BCUT2D eigenvalue weighted by molar-refractivity contribution is 14.1. The molecule has 0 bridgehead atoms. The Morgan fingerprint density at radius 1 is 1.17 bits per heavy atom. The third-order valence-corrected chi connectivity index (χ3v) is 4.30. The Balaban J connectivity index is 1.87. The van der Waals surface area contributed by atoms with E-state index in [0.717, 1.165) is 17.7 Å². The molecule has 0 atom stereocenters. The Kier molecular flexibility index (Phi) is 4.61. The zero-order valence-corrected chi connectivity index (χ0v) is 14.6. The van der Waals surface area contributed by atoms with Crippen molar-refractivity contribution in [3.8, 4) is 11.5 Å². The Bertz CT molecular complexity index is 887. The number of rotatable bonds is 3. The van der Waals surface area contributed by atoms with Crippen molar-refractivity contribution in [3.63, 3.8) is 0 Å². The van der Waals surface area contributed by atoms with Crippen molar-refractivity contribution in [1.82, 2.24) is 4.98 Å². The second kappa shape index (κ2) is 6.68. The fourth-order valence-electron chi connectivity index (χ4n) is 2.13. The summed E-state index contributed by atoms with van der Waals surface area (Å²) in [6.45, 7) is 1.60. The molecule has 24 heavy (non-hydrogen) atoms. The van der Waals surface area contributed by atoms with Crippen LogP contribution in [0.1, 0.15) is 16.2 Å². The van der Waals surface area contributed by atoms with Crippen molar-refractivity contribution in [1.29, 1.82) is 0 Å². The van der Waals surface area contributed by atoms with E-state index in [1.807, 2.05) is 18.2 Å². The summed E-state index contributed by atoms with van der Waals surface area (Å²) in [6, 6.07) is 11.2. The largest absolute Gasteiger partial charge is 0.441 e. The number of nitrogens with zero attached hydrogens (tertiary/aromatic N) is 1. The lowest BCUT2D eigenvalue weighted by molar-refractivity contribution is 0.102. The minimum absolute atomic E-state index is 0.0130. The zero-order chi connectivity index (χ0) is 17.3. The molecule has 7 heteroatoms. The Morgan fingerprint density at radius 2 is 1.79 bits per heavy atom. The predicted octanol–water partition coefficient (Wildman–Crippen LogP) is 4.79. The summed E-state index contributed by atoms with van der Waals surface area (Å²) in [5.41, 5.74) is 0.804. The zero-order valence-electron chi connectivity index (χ0n) is 12.4. The molecule has 0 radical (unpaired) electrons. The maximum Gasteiger partial charge on any atom is 0.277 e. The van der Waals surface area contributed by atoms with E-state index >= 15 is 0 Å². The molecule has 0 aliphatic carbocycles. The van der Waals surface area contributed by atoms with Crippen LogP contribution in [0.25, 0.3) is 11.5 Å². The molecular formula is C17H11F2IN2O2. The van der Waals surface area contributed by atoms with Gasteiger partial charge in [-0.25, -0.2) is 13.8 Å². The van der Waals surface area contributed by atoms with Gasteiger partial charge in [-0.1, -0.05) is 18.2 Å². The molecule has 0 saturated carbocycles. The van der Waals surface area contributed by atoms with E-state index in [-0.39, 0.29) is 15.0 Å². The van der Waals surface area contributed by atoms with Crippen LogP contribution >= 0.6 is 22.6 Å². The quantitative estimate of drug-likeness (QED) is 0.471. The molecule has 1 amide bonds. The molecule has 0 saturated heterocycles. The van der Waals surface area contributed by atoms with Crippen molar-refractivity contribution in [2.45, 2.75) is 6.92 Å². The maximum atomic E-state index is 13.6. The average molecular weight is 440 g/mol. The van der Waals surface area contributed by atoms with Gasteiger partial charge in [0.25, 0.3) is 5.91 Å². The molecule has 2 aromatic carbocycles. The molecule has 3 aromatic rings. The van der Waals surface area contributed by atoms with Crippen LogP contribution < -0.4 is 5.32 Å². The van der Waals surface area contributed by atoms with Crippen LogP contribution in [0.15, 0.2) is 46.9 Å². The topological polar surface area (TPSA) is 55.1 Å². The first kappa shape index (κ1) is 16.6. The molecule has 3 rings (SSSR count). The number of oxazole rings is 1. The van der Waals surface area contributed by atoms with E-state index in [1.54, 1.807) is 41.6 Å². The van der Waals surface area contributed by atoms with E-state index in [0.29, 0.717) is 11.7 Å². The van der Waals surface area contributed by atoms with Crippen LogP contribution in [0.4, 0.5) is 14.5 Å². The predicted molar refractivity (Wildman–Crippen MR) is 93.7 cm³/mol. The highest BCUT2D eigenvalue weighted by Gasteiger charge is 2.19. The molecule has 0 aliphatic heterocycles. The van der Waals surface area contributed by atoms with Gasteiger partial charge in [0.05, 0.1) is 3.57 Å². The smallest absolute Gasteiger partial charge is 0.277 e. The molecule has 122 valence electrons. The summed E-state index contributed by atoms with van der Waals surface area (Å²) in [6.07, 6.45) is 0. The summed E-state index contributed by atoms with van der Waals surface area (Å²) in [5, 5.41) is 2.43. The van der Waals surface area contributed by atoms with Gasteiger partial charge in [-0.2, -0.15) is 0 Å². The van der Waals surface area contributed by atoms with Crippen LogP contribution in [0.2, 0.25) is 0 Å². The third kappa shape index (κ3) is 3.30. The fourth-order valence-corrected chi connectivity index (χ4v) is 2.44. The summed E-state index contributed by atoms with van der Waals surface area (Å²) < 4.78 is 32.5. The summed E-state index contributed by atoms with van der Waals surface area (Å²) in [5.74, 6) is -1.46. The number of amides is 1. The standard InChI is InChI=1S/C17H11F2IN2O2/c1-9-15(22-17(24-9)10-5-3-2-4-6-10)16(23)21-11-7-12(18)14(20)13(19)8-11/h2-8H,1H3,(H,21,23). The second-order valence-electron chi connectivity index (χ2n) is 5.00. The van der Waals surface area contributed by atoms with Crippen molar-refractivity contribution < 1.29 is 18.0 Å². The molecule has 0 aliphatic rings. The van der Waals surface area contributed by atoms with Gasteiger partial charge in [-0.15, -0.1) is 0 Å². The lowest BCUT2D eigenvalue weighted by atomic mass is 10.2. The molecule has 1 aromatic heterocycles. The first-order valence-electron chi connectivity index (χ1n) is 6.94. The first-order valence-corrected chi connectivity index (χ1v) is 8.02. The first-order chi connectivity index (χ1) is 11.5. The van der Waals surface area contributed by atoms with E-state index in [9.17, 15) is 13.6 Å². The number of aromatic nitrogens is 1. The van der Waals surface area contributed by atoms with Gasteiger partial charge in [0, 0.05) is 11.3 Å². The van der Waals surface area contributed by atoms with Gasteiger partial charge >= 0.3 is 0 Å². The summed E-state index contributed by atoms with van der Waals surface area (Å²) in [4.78, 5) is 16.5. The summed E-state index contributed by atoms with van der Waals surface area (Å²) >= 11 is 1.56. The normalized spacial score (nSPS) is 10.7. The number of aryl methyl sites for hydroxylation is 1. The lowest BCUT2D eigenvalue weighted by Crippen LogP contribution is -2.14. The van der Waals surface area contributed by atoms with Crippen LogP contribution in [0, 0.1) is 22.1 Å². The maximum absolute atomic E-state index is 13.6. The van der Waals surface area contributed by atoms with Crippen LogP contribution in [-0.4, -0.2) is 10.9 Å². The Hall–Kier alpha value is -2.29. The molecule has 0 unspecified atom stereocenters. The molecule has 0 spiro atoms. The van der Waals surface area contributed by atoms with Crippen molar-refractivity contribution in [2.75, 3.05) is 5.32 Å². The molecular weight excluding hydrogens is 429 g/mol. The molecule has 4 nitrogen and oxygen atoms in total. The second-order valence-corrected chi connectivity index (χ2v) is 6.08. The van der Waals surface area contributed by atoms with Gasteiger partial charge < -0.3 is 9.73 Å². The van der Waals surface area contributed by atoms with E-state index < -0.39 is 17.5 Å². The third-order valence-electron chi connectivity index (χ3n) is 3.27. The fraction of sp³-hybridized carbons (Fsp3) is 0.0588. The van der Waals surface area contributed by atoms with E-state index in [1.165, 1.54) is 0 Å². The van der Waals surface area contributed by atoms with Crippen LogP contribution in [0.5, 0.6) is 0 Å². The van der Waals surface area contributed by atoms with Gasteiger partial charge in [-0.05, 0) is 53.8 Å². The van der Waals surface area contributed by atoms with Crippen LogP contribution in [-0.2, 0) is 0 Å². The number of nitrogens with one attached hydrogen (secondary N) is 1. The Morgan fingerprint density at radius 3 is 2.42 bits per heavy atom. The number of hydrogen-bond donors (Lipinski definition) is 1. The number of carbonyl (C=O) groups excluding carboxylic acids is 1. The summed E-state index contributed by atoms with van der Waals surface area (Å²) in [7, 11) is 0. The minimum atomic E-state index is -0.743. The molecule has 1 N–H and O–H groups in total. The van der Waals surface area contributed by atoms with Crippen molar-refractivity contribution >= 4 is 34.2 Å². The Labute approximate surface area is 150 Å². The van der Waals surface area contributed by atoms with E-state index in [2.05, 4.69) is 10.3 Å². The number of anilines is 1. The molecule has 1 heterocycles. The number of carbonyl (C=O) groups is 1. The lowest BCUT2D eigenvalue weighted by Gasteiger charge is -2.05. The van der Waals surface area contributed by atoms with E-state index in [4.69, 9.17) is 4.42 Å². The minimum Gasteiger partial charge on any atom is -0.441 e. The monoisotopic (exact) mass is 440 g/mol. The molecule has 0 fully saturated rings. The van der Waals surface area contributed by atoms with Gasteiger partial charge in [-0.3, -0.25) is 4.79 Å². The highest BCUT2D eigenvalue weighted by atomic mass is 127. The van der Waals surface area contributed by atoms with Crippen LogP contribution in [0.3, 0.4) is 0 Å². The highest BCUT2D eigenvalue weighted by Crippen LogP contribution is 2.24. The van der Waals surface area contributed by atoms with Crippen molar-refractivity contribution in [3.05, 3.63) is 69.1 Å². The van der Waals surface area contributed by atoms with Gasteiger partial charge in [0.15, 0.2) is 5.69 Å². The van der Waals surface area contributed by atoms with Gasteiger partial charge in [0.1, 0.15) is 17.4 Å². The number of hydrogen-bond acceptors (Lipinski definition) is 3. The SMILES string of the molecule is Cc1oc(-c2ccccc2)nc1C(=O)Nc1cc(F)c(I)c(F)c1. The number of benzene rings is 2. The van der Waals surface area contributed by atoms with Crippen molar-refractivity contribution in [2.24, 2.45) is 0 Å². The average Bonchev–Trinajstić information content (AvgIpc) is 2.95.